The lowest BCUT2D eigenvalue weighted by Gasteiger charge is -2.38. The molecule has 3 rings (SSSR count). The van der Waals surface area contributed by atoms with Crippen molar-refractivity contribution in [1.82, 2.24) is 25.8 Å². The van der Waals surface area contributed by atoms with Gasteiger partial charge in [0.2, 0.25) is 23.5 Å². The fourth-order valence-electron chi connectivity index (χ4n) is 6.65. The Bertz CT molecular complexity index is 1160. The highest BCUT2D eigenvalue weighted by Gasteiger charge is 2.70. The van der Waals surface area contributed by atoms with Crippen LogP contribution in [0.5, 0.6) is 0 Å². The lowest BCUT2D eigenvalue weighted by Crippen LogP contribution is -2.62. The number of rotatable bonds is 12. The molecule has 0 bridgehead atoms. The van der Waals surface area contributed by atoms with Gasteiger partial charge < -0.3 is 31.5 Å². The van der Waals surface area contributed by atoms with E-state index in [9.17, 15) is 28.8 Å². The summed E-state index contributed by atoms with van der Waals surface area (Å²) >= 11 is 0. The van der Waals surface area contributed by atoms with Crippen molar-refractivity contribution in [1.29, 1.82) is 0 Å². The Hall–Kier alpha value is -3.18. The molecule has 44 heavy (non-hydrogen) atoms. The van der Waals surface area contributed by atoms with Gasteiger partial charge in [-0.3, -0.25) is 24.0 Å². The van der Waals surface area contributed by atoms with Crippen LogP contribution in [0.15, 0.2) is 0 Å². The highest BCUT2D eigenvalue weighted by molar-refractivity contribution is 6.37. The van der Waals surface area contributed by atoms with E-state index in [1.165, 1.54) is 4.90 Å². The quantitative estimate of drug-likeness (QED) is 0.243. The Balaban J connectivity index is 1.82. The zero-order valence-corrected chi connectivity index (χ0v) is 28.2. The summed E-state index contributed by atoms with van der Waals surface area (Å²) in [5.74, 6) is -3.11. The Labute approximate surface area is 262 Å². The van der Waals surface area contributed by atoms with Crippen molar-refractivity contribution in [2.45, 2.75) is 118 Å². The van der Waals surface area contributed by atoms with Crippen molar-refractivity contribution >= 4 is 35.4 Å². The van der Waals surface area contributed by atoms with E-state index in [1.54, 1.807) is 11.9 Å². The van der Waals surface area contributed by atoms with Gasteiger partial charge in [0, 0.05) is 19.6 Å². The summed E-state index contributed by atoms with van der Waals surface area (Å²) in [5.41, 5.74) is 4.39. The molecular weight excluding hydrogens is 564 g/mol. The monoisotopic (exact) mass is 618 g/mol. The number of hydrogen-bond donors (Lipinski definition) is 4. The second-order valence-corrected chi connectivity index (χ2v) is 15.4. The second-order valence-electron chi connectivity index (χ2n) is 15.4. The van der Waals surface area contributed by atoms with E-state index in [4.69, 9.17) is 5.73 Å². The molecule has 1 saturated heterocycles. The van der Waals surface area contributed by atoms with Gasteiger partial charge in [-0.1, -0.05) is 67.7 Å². The maximum atomic E-state index is 14.2. The van der Waals surface area contributed by atoms with E-state index in [-0.39, 0.29) is 41.0 Å². The van der Waals surface area contributed by atoms with Gasteiger partial charge in [0.15, 0.2) is 0 Å². The van der Waals surface area contributed by atoms with E-state index in [0.29, 0.717) is 13.0 Å². The van der Waals surface area contributed by atoms with Gasteiger partial charge >= 0.3 is 6.03 Å². The van der Waals surface area contributed by atoms with E-state index in [0.717, 1.165) is 19.3 Å². The van der Waals surface area contributed by atoms with Crippen molar-refractivity contribution < 1.29 is 28.8 Å². The van der Waals surface area contributed by atoms with Crippen molar-refractivity contribution in [2.75, 3.05) is 13.6 Å². The molecule has 1 aliphatic heterocycles. The number of amides is 6. The Morgan fingerprint density at radius 2 is 1.57 bits per heavy atom. The highest BCUT2D eigenvalue weighted by atomic mass is 16.2. The number of primary amides is 1. The van der Waals surface area contributed by atoms with E-state index in [2.05, 4.69) is 29.8 Å². The standard InChI is InChI=1S/C32H54N6O6/c1-16(2)22(28(42)37(10)17(3)4)35-30(44)36-25(31(5,6)7)29(43)38-15-19-21(32(19,8)9)23(38)27(41)34-20(24(39)26(33)40)14-18-12-11-13-18/h16-23,25H,11-15H2,1-10H3,(H2,33,40)(H,34,41)(H2,35,36,44)/t19-,20?,21-,22-,23-,25+/m0/s1. The lowest BCUT2D eigenvalue weighted by molar-refractivity contribution is -0.145. The van der Waals surface area contributed by atoms with Crippen molar-refractivity contribution in [2.24, 2.45) is 40.2 Å². The van der Waals surface area contributed by atoms with Gasteiger partial charge in [0.1, 0.15) is 18.1 Å². The van der Waals surface area contributed by atoms with Gasteiger partial charge in [-0.05, 0) is 54.8 Å². The number of hydrogen-bond acceptors (Lipinski definition) is 6. The maximum Gasteiger partial charge on any atom is 0.316 e. The number of nitrogens with one attached hydrogen (secondary N) is 3. The summed E-state index contributed by atoms with van der Waals surface area (Å²) in [7, 11) is 1.68. The Kier molecular flexibility index (Phi) is 10.5. The van der Waals surface area contributed by atoms with Crippen LogP contribution in [0.4, 0.5) is 4.79 Å². The number of carbonyl (C=O) groups excluding carboxylic acids is 6. The Morgan fingerprint density at radius 1 is 0.977 bits per heavy atom. The summed E-state index contributed by atoms with van der Waals surface area (Å²) in [6, 6.07) is -4.43. The Morgan fingerprint density at radius 3 is 2.02 bits per heavy atom. The minimum atomic E-state index is -1.10. The number of fused-ring (bicyclic) bond motifs is 1. The van der Waals surface area contributed by atoms with Crippen LogP contribution in [0, 0.1) is 34.5 Å². The van der Waals surface area contributed by atoms with Crippen molar-refractivity contribution in [3.63, 3.8) is 0 Å². The average molecular weight is 619 g/mol. The first-order valence-electron chi connectivity index (χ1n) is 16.0. The topological polar surface area (TPSA) is 171 Å². The van der Waals surface area contributed by atoms with Crippen LogP contribution in [0.1, 0.15) is 88.0 Å². The molecule has 0 aromatic heterocycles. The number of ketones is 1. The third-order valence-electron chi connectivity index (χ3n) is 10.2. The molecule has 6 amide bonds. The fraction of sp³-hybridized carbons (Fsp3) is 0.812. The van der Waals surface area contributed by atoms with Crippen LogP contribution in [-0.4, -0.2) is 89.0 Å². The van der Waals surface area contributed by atoms with Crippen LogP contribution in [0.3, 0.4) is 0 Å². The molecule has 2 saturated carbocycles. The third kappa shape index (κ3) is 7.37. The van der Waals surface area contributed by atoms with Crippen LogP contribution in [-0.2, 0) is 24.0 Å². The first kappa shape index (κ1) is 35.3. The SMILES string of the molecule is CC(C)[C@H](NC(=O)N[C@H](C(=O)N1C[C@H]2[C@@H]([C@H]1C(=O)NC(CC1CCC1)C(=O)C(N)=O)C2(C)C)C(C)(C)C)C(=O)N(C)C(C)C. The molecular formula is C32H54N6O6. The maximum absolute atomic E-state index is 14.2. The van der Waals surface area contributed by atoms with Gasteiger partial charge in [0.25, 0.3) is 5.91 Å². The molecule has 1 heterocycles. The first-order chi connectivity index (χ1) is 20.2. The number of nitrogens with two attached hydrogens (primary N) is 1. The summed E-state index contributed by atoms with van der Waals surface area (Å²) < 4.78 is 0. The van der Waals surface area contributed by atoms with E-state index >= 15 is 0 Å². The molecule has 12 nitrogen and oxygen atoms in total. The minimum Gasteiger partial charge on any atom is -0.363 e. The highest BCUT2D eigenvalue weighted by Crippen LogP contribution is 2.65. The molecule has 3 fully saturated rings. The molecule has 6 atom stereocenters. The van der Waals surface area contributed by atoms with Gasteiger partial charge in [-0.15, -0.1) is 0 Å². The number of carbonyl (C=O) groups is 6. The fourth-order valence-corrected chi connectivity index (χ4v) is 6.65. The zero-order chi connectivity index (χ0) is 33.5. The zero-order valence-electron chi connectivity index (χ0n) is 28.2. The minimum absolute atomic E-state index is 0.0574. The number of nitrogens with zero attached hydrogens (tertiary/aromatic N) is 2. The largest absolute Gasteiger partial charge is 0.363 e. The van der Waals surface area contributed by atoms with E-state index in [1.807, 2.05) is 48.5 Å². The smallest absolute Gasteiger partial charge is 0.316 e. The number of likely N-dealkylation sites (N-methyl/N-ethyl adjacent to an activating group) is 1. The van der Waals surface area contributed by atoms with Gasteiger partial charge in [0.05, 0.1) is 6.04 Å². The predicted octanol–water partition coefficient (Wildman–Crippen LogP) is 1.80. The molecule has 0 spiro atoms. The summed E-state index contributed by atoms with van der Waals surface area (Å²) in [5, 5.41) is 8.36. The first-order valence-corrected chi connectivity index (χ1v) is 16.0. The molecule has 5 N–H and O–H groups in total. The summed E-state index contributed by atoms with van der Waals surface area (Å²) in [6.45, 7) is 17.3. The van der Waals surface area contributed by atoms with Crippen LogP contribution >= 0.6 is 0 Å². The van der Waals surface area contributed by atoms with Gasteiger partial charge in [-0.25, -0.2) is 4.79 Å². The number of urea groups is 1. The average Bonchev–Trinajstić information content (AvgIpc) is 3.21. The predicted molar refractivity (Wildman–Crippen MR) is 166 cm³/mol. The molecule has 3 aliphatic rings. The van der Waals surface area contributed by atoms with Crippen LogP contribution in [0.2, 0.25) is 0 Å². The molecule has 0 aromatic carbocycles. The molecule has 2 aliphatic carbocycles. The van der Waals surface area contributed by atoms with E-state index < -0.39 is 59.1 Å². The van der Waals surface area contributed by atoms with Gasteiger partial charge in [-0.2, -0.15) is 0 Å². The summed E-state index contributed by atoms with van der Waals surface area (Å²) in [4.78, 5) is 82.1. The molecule has 12 heteroatoms. The molecule has 1 unspecified atom stereocenters. The normalized spacial score (nSPS) is 24.5. The number of likely N-dealkylation sites (tertiary alicyclic amines) is 1. The van der Waals surface area contributed by atoms with Crippen molar-refractivity contribution in [3.05, 3.63) is 0 Å². The lowest BCUT2D eigenvalue weighted by atomic mass is 9.80. The molecule has 0 aromatic rings. The molecule has 0 radical (unpaired) electrons. The molecule has 248 valence electrons. The number of Topliss-reactive ketones (excluding diaryl/α,β-unsaturated/α-hetero) is 1. The number of piperidine rings is 1. The second kappa shape index (κ2) is 13.0. The van der Waals surface area contributed by atoms with Crippen LogP contribution in [0.25, 0.3) is 0 Å². The third-order valence-corrected chi connectivity index (χ3v) is 10.2. The van der Waals surface area contributed by atoms with Crippen LogP contribution < -0.4 is 21.7 Å². The van der Waals surface area contributed by atoms with Crippen molar-refractivity contribution in [3.8, 4) is 0 Å². The summed E-state index contributed by atoms with van der Waals surface area (Å²) in [6.07, 6.45) is 3.21.